The maximum absolute atomic E-state index is 10.5. The van der Waals surface area contributed by atoms with Gasteiger partial charge >= 0.3 is 0 Å². The van der Waals surface area contributed by atoms with Crippen LogP contribution in [0.2, 0.25) is 0 Å². The van der Waals surface area contributed by atoms with Crippen molar-refractivity contribution in [3.8, 4) is 22.9 Å². The Morgan fingerprint density at radius 1 is 0.818 bits per heavy atom. The molecule has 4 rings (SSSR count). The quantitative estimate of drug-likeness (QED) is 0.395. The van der Waals surface area contributed by atoms with Gasteiger partial charge in [0.1, 0.15) is 11.4 Å². The Morgan fingerprint density at radius 3 is 2.09 bits per heavy atom. The first kappa shape index (κ1) is 12.8. The summed E-state index contributed by atoms with van der Waals surface area (Å²) in [5.74, 6) is 0.725. The smallest absolute Gasteiger partial charge is 0.200 e. The highest BCUT2D eigenvalue weighted by Crippen LogP contribution is 2.42. The summed E-state index contributed by atoms with van der Waals surface area (Å²) in [7, 11) is 1.45. The van der Waals surface area contributed by atoms with Gasteiger partial charge < -0.3 is 20.0 Å². The molecule has 0 aliphatic rings. The lowest BCUT2D eigenvalue weighted by Crippen LogP contribution is -1.92. The molecule has 0 bridgehead atoms. The van der Waals surface area contributed by atoms with E-state index in [9.17, 15) is 5.11 Å². The minimum atomic E-state index is 0.183. The molecule has 0 amide bonds. The maximum Gasteiger partial charge on any atom is 0.200 e. The van der Waals surface area contributed by atoms with Gasteiger partial charge in [0, 0.05) is 21.8 Å². The van der Waals surface area contributed by atoms with Gasteiger partial charge in [-0.05, 0) is 24.3 Å². The Balaban J connectivity index is 2.03. The molecule has 0 saturated carbocycles. The molecule has 0 aliphatic heterocycles. The third-order valence-electron chi connectivity index (χ3n) is 3.75. The van der Waals surface area contributed by atoms with Gasteiger partial charge in [0.25, 0.3) is 0 Å². The molecule has 0 atom stereocenters. The highest BCUT2D eigenvalue weighted by atomic mass is 17.2. The molecule has 5 nitrogen and oxygen atoms in total. The van der Waals surface area contributed by atoms with Crippen molar-refractivity contribution in [2.45, 2.75) is 0 Å². The van der Waals surface area contributed by atoms with Gasteiger partial charge in [-0.15, -0.1) is 0 Å². The highest BCUT2D eigenvalue weighted by Gasteiger charge is 2.21. The zero-order valence-corrected chi connectivity index (χ0v) is 11.9. The summed E-state index contributed by atoms with van der Waals surface area (Å²) in [6.07, 6.45) is 0. The van der Waals surface area contributed by atoms with Crippen molar-refractivity contribution >= 4 is 21.8 Å². The van der Waals surface area contributed by atoms with Crippen LogP contribution in [-0.2, 0) is 4.89 Å². The number of rotatable bonds is 3. The number of H-pyrrole nitrogens is 2. The fraction of sp³-hybridized carbons (Fsp3) is 0.0588. The molecule has 110 valence electrons. The van der Waals surface area contributed by atoms with Crippen molar-refractivity contribution in [3.63, 3.8) is 0 Å². The monoisotopic (exact) mass is 294 g/mol. The van der Waals surface area contributed by atoms with Crippen LogP contribution in [-0.4, -0.2) is 22.2 Å². The number of benzene rings is 2. The largest absolute Gasteiger partial charge is 0.505 e. The molecule has 3 N–H and O–H groups in total. The second-order valence-electron chi connectivity index (χ2n) is 5.02. The van der Waals surface area contributed by atoms with Crippen molar-refractivity contribution in [2.75, 3.05) is 7.11 Å². The molecular weight excluding hydrogens is 280 g/mol. The molecule has 0 aliphatic carbocycles. The Hall–Kier alpha value is -2.92. The number of aromatic amines is 2. The van der Waals surface area contributed by atoms with Crippen molar-refractivity contribution in [2.24, 2.45) is 0 Å². The van der Waals surface area contributed by atoms with E-state index in [1.807, 2.05) is 48.5 Å². The number of fused-ring (bicyclic) bond motifs is 2. The molecule has 0 saturated heterocycles. The van der Waals surface area contributed by atoms with Crippen molar-refractivity contribution in [1.82, 2.24) is 9.97 Å². The van der Waals surface area contributed by atoms with Gasteiger partial charge in [0.15, 0.2) is 11.5 Å². The van der Waals surface area contributed by atoms with E-state index in [-0.39, 0.29) is 5.75 Å². The van der Waals surface area contributed by atoms with Crippen LogP contribution in [0.25, 0.3) is 33.2 Å². The predicted octanol–water partition coefficient (Wildman–Crippen LogP) is 3.96. The van der Waals surface area contributed by atoms with E-state index < -0.39 is 0 Å². The summed E-state index contributed by atoms with van der Waals surface area (Å²) >= 11 is 0. The van der Waals surface area contributed by atoms with E-state index >= 15 is 0 Å². The molecule has 2 aromatic heterocycles. The van der Waals surface area contributed by atoms with Crippen molar-refractivity contribution in [1.29, 1.82) is 0 Å². The van der Waals surface area contributed by atoms with Crippen LogP contribution < -0.4 is 4.89 Å². The molecule has 0 unspecified atom stereocenters. The molecule has 22 heavy (non-hydrogen) atoms. The molecule has 2 aromatic carbocycles. The zero-order chi connectivity index (χ0) is 15.1. The number of aromatic nitrogens is 2. The lowest BCUT2D eigenvalue weighted by atomic mass is 10.2. The Bertz CT molecular complexity index is 969. The number of hydrogen-bond acceptors (Lipinski definition) is 3. The summed E-state index contributed by atoms with van der Waals surface area (Å²) in [5, 5.41) is 12.2. The molecule has 0 fully saturated rings. The lowest BCUT2D eigenvalue weighted by Gasteiger charge is -2.03. The van der Waals surface area contributed by atoms with Gasteiger partial charge in [-0.1, -0.05) is 24.3 Å². The van der Waals surface area contributed by atoms with E-state index in [1.54, 1.807) is 0 Å². The molecule has 0 radical (unpaired) electrons. The first-order valence-corrected chi connectivity index (χ1v) is 6.91. The van der Waals surface area contributed by atoms with E-state index in [2.05, 4.69) is 9.97 Å². The van der Waals surface area contributed by atoms with Crippen molar-refractivity contribution in [3.05, 3.63) is 48.5 Å². The minimum Gasteiger partial charge on any atom is -0.505 e. The molecule has 5 heteroatoms. The summed E-state index contributed by atoms with van der Waals surface area (Å²) in [6, 6.07) is 15.3. The van der Waals surface area contributed by atoms with Gasteiger partial charge in [-0.25, -0.2) is 0 Å². The second kappa shape index (κ2) is 4.82. The van der Waals surface area contributed by atoms with Crippen LogP contribution in [0.5, 0.6) is 11.5 Å². The van der Waals surface area contributed by atoms with Gasteiger partial charge in [-0.2, -0.15) is 4.89 Å². The Morgan fingerprint density at radius 2 is 1.41 bits per heavy atom. The van der Waals surface area contributed by atoms with E-state index in [4.69, 9.17) is 9.78 Å². The summed E-state index contributed by atoms with van der Waals surface area (Å²) < 4.78 is 0. The van der Waals surface area contributed by atoms with Gasteiger partial charge in [-0.3, -0.25) is 0 Å². The molecule has 0 spiro atoms. The number of hydrogen-bond donors (Lipinski definition) is 3. The van der Waals surface area contributed by atoms with E-state index in [1.165, 1.54) is 7.11 Å². The van der Waals surface area contributed by atoms with Gasteiger partial charge in [0.05, 0.1) is 7.11 Å². The average molecular weight is 294 g/mol. The molecular formula is C17H14N2O3. The summed E-state index contributed by atoms with van der Waals surface area (Å²) in [6.45, 7) is 0. The minimum absolute atomic E-state index is 0.183. The first-order chi connectivity index (χ1) is 10.8. The zero-order valence-electron chi connectivity index (χ0n) is 11.9. The lowest BCUT2D eigenvalue weighted by molar-refractivity contribution is -0.176. The SMILES string of the molecule is COOc1c(-c2[nH]c3ccccc3c2O)[nH]c2ccccc12. The third-order valence-corrected chi connectivity index (χ3v) is 3.75. The first-order valence-electron chi connectivity index (χ1n) is 6.91. The average Bonchev–Trinajstić information content (AvgIpc) is 3.07. The maximum atomic E-state index is 10.5. The fourth-order valence-electron chi connectivity index (χ4n) is 2.77. The standard InChI is InChI=1S/C17H14N2O3/c1-21-22-17-11-7-3-5-9-13(11)19-15(17)14-16(20)10-6-2-4-8-12(10)18-14/h2-9,18-20H,1H3. The molecule has 2 heterocycles. The van der Waals surface area contributed by atoms with Crippen LogP contribution >= 0.6 is 0 Å². The van der Waals surface area contributed by atoms with Gasteiger partial charge in [0.2, 0.25) is 0 Å². The topological polar surface area (TPSA) is 70.3 Å². The van der Waals surface area contributed by atoms with Crippen LogP contribution in [0.3, 0.4) is 0 Å². The van der Waals surface area contributed by atoms with Crippen LogP contribution in [0.15, 0.2) is 48.5 Å². The predicted molar refractivity (Wildman–Crippen MR) is 84.9 cm³/mol. The summed E-state index contributed by atoms with van der Waals surface area (Å²) in [5.41, 5.74) is 2.99. The van der Waals surface area contributed by atoms with Crippen LogP contribution in [0, 0.1) is 0 Å². The van der Waals surface area contributed by atoms with Crippen LogP contribution in [0.4, 0.5) is 0 Å². The van der Waals surface area contributed by atoms with E-state index in [0.717, 1.165) is 21.8 Å². The number of nitrogens with one attached hydrogen (secondary N) is 2. The Labute approximate surface area is 126 Å². The number of aromatic hydroxyl groups is 1. The second-order valence-corrected chi connectivity index (χ2v) is 5.02. The molecule has 4 aromatic rings. The highest BCUT2D eigenvalue weighted by molar-refractivity contribution is 5.99. The Kier molecular flexibility index (Phi) is 2.80. The fourth-order valence-corrected chi connectivity index (χ4v) is 2.77. The van der Waals surface area contributed by atoms with Crippen molar-refractivity contribution < 1.29 is 14.9 Å². The summed E-state index contributed by atoms with van der Waals surface area (Å²) in [4.78, 5) is 16.7. The van der Waals surface area contributed by atoms with Crippen LogP contribution in [0.1, 0.15) is 0 Å². The van der Waals surface area contributed by atoms with E-state index in [0.29, 0.717) is 17.1 Å². The third kappa shape index (κ3) is 1.76. The number of para-hydroxylation sites is 2. The normalized spacial score (nSPS) is 11.3.